The van der Waals surface area contributed by atoms with Crippen LogP contribution in [0.25, 0.3) is 0 Å². The molecular formula is C17H24FN3. The zero-order chi connectivity index (χ0) is 14.4. The van der Waals surface area contributed by atoms with Crippen LogP contribution in [0.2, 0.25) is 0 Å². The normalized spacial score (nSPS) is 34.1. The van der Waals surface area contributed by atoms with Crippen LogP contribution in [0, 0.1) is 17.7 Å². The molecular weight excluding hydrogens is 265 g/mol. The van der Waals surface area contributed by atoms with Gasteiger partial charge in [0.2, 0.25) is 0 Å². The molecule has 1 N–H and O–H groups in total. The zero-order valence-electron chi connectivity index (χ0n) is 12.7. The van der Waals surface area contributed by atoms with Crippen LogP contribution >= 0.6 is 0 Å². The van der Waals surface area contributed by atoms with Crippen molar-refractivity contribution in [2.24, 2.45) is 11.8 Å². The number of rotatable bonds is 4. The summed E-state index contributed by atoms with van der Waals surface area (Å²) in [6, 6.07) is 2.26. The molecule has 114 valence electrons. The lowest BCUT2D eigenvalue weighted by molar-refractivity contribution is 0.0233. The van der Waals surface area contributed by atoms with Gasteiger partial charge in [-0.05, 0) is 56.1 Å². The average molecular weight is 289 g/mol. The number of nitrogens with zero attached hydrogens (tertiary/aromatic N) is 2. The Hall–Kier alpha value is -1.00. The molecule has 3 nitrogen and oxygen atoms in total. The van der Waals surface area contributed by atoms with Crippen LogP contribution in [-0.4, -0.2) is 34.6 Å². The molecule has 3 aliphatic rings. The van der Waals surface area contributed by atoms with Gasteiger partial charge in [0.05, 0.1) is 6.20 Å². The second-order valence-electron chi connectivity index (χ2n) is 7.35. The van der Waals surface area contributed by atoms with Crippen LogP contribution in [-0.2, 0) is 6.54 Å². The molecule has 4 heteroatoms. The number of hydrogen-bond acceptors (Lipinski definition) is 3. The Morgan fingerprint density at radius 1 is 1.33 bits per heavy atom. The molecule has 2 heterocycles. The Labute approximate surface area is 125 Å². The fourth-order valence-corrected chi connectivity index (χ4v) is 3.89. The molecule has 1 aromatic heterocycles. The van der Waals surface area contributed by atoms with Crippen LogP contribution in [0.5, 0.6) is 0 Å². The highest BCUT2D eigenvalue weighted by Gasteiger charge is 2.49. The first-order valence-corrected chi connectivity index (χ1v) is 8.23. The van der Waals surface area contributed by atoms with Gasteiger partial charge in [-0.25, -0.2) is 4.39 Å². The SMILES string of the molecule is CC1(C2CC2)CNC(C2CC2)CN1Cc1cncc(F)c1. The van der Waals surface area contributed by atoms with E-state index in [0.29, 0.717) is 6.04 Å². The van der Waals surface area contributed by atoms with E-state index in [4.69, 9.17) is 0 Å². The minimum Gasteiger partial charge on any atom is -0.311 e. The standard InChI is InChI=1S/C17H24FN3/c1-17(14-4-5-14)11-20-16(13-2-3-13)10-21(17)9-12-6-15(18)8-19-7-12/h6-8,13-14,16,20H,2-5,9-11H2,1H3. The molecule has 2 saturated carbocycles. The van der Waals surface area contributed by atoms with E-state index in [1.165, 1.54) is 31.9 Å². The van der Waals surface area contributed by atoms with Gasteiger partial charge < -0.3 is 5.32 Å². The fraction of sp³-hybridized carbons (Fsp3) is 0.706. The largest absolute Gasteiger partial charge is 0.311 e. The Bertz CT molecular complexity index is 527. The maximum atomic E-state index is 13.4. The maximum Gasteiger partial charge on any atom is 0.141 e. The zero-order valence-corrected chi connectivity index (χ0v) is 12.7. The van der Waals surface area contributed by atoms with Gasteiger partial charge in [-0.15, -0.1) is 0 Å². The van der Waals surface area contributed by atoms with Crippen molar-refractivity contribution >= 4 is 0 Å². The van der Waals surface area contributed by atoms with Crippen molar-refractivity contribution in [2.75, 3.05) is 13.1 Å². The van der Waals surface area contributed by atoms with Gasteiger partial charge >= 0.3 is 0 Å². The second kappa shape index (κ2) is 5.03. The molecule has 1 aromatic rings. The third kappa shape index (κ3) is 2.71. The van der Waals surface area contributed by atoms with E-state index < -0.39 is 0 Å². The third-order valence-corrected chi connectivity index (χ3v) is 5.64. The monoisotopic (exact) mass is 289 g/mol. The molecule has 0 aromatic carbocycles. The average Bonchev–Trinajstić information content (AvgIpc) is 3.33. The van der Waals surface area contributed by atoms with Crippen molar-refractivity contribution in [1.29, 1.82) is 0 Å². The topological polar surface area (TPSA) is 28.2 Å². The smallest absolute Gasteiger partial charge is 0.141 e. The first-order chi connectivity index (χ1) is 10.1. The lowest BCUT2D eigenvalue weighted by atomic mass is 9.88. The summed E-state index contributed by atoms with van der Waals surface area (Å²) in [5.74, 6) is 1.43. The van der Waals surface area contributed by atoms with Crippen molar-refractivity contribution < 1.29 is 4.39 Å². The van der Waals surface area contributed by atoms with E-state index in [1.54, 1.807) is 6.07 Å². The van der Waals surface area contributed by atoms with Gasteiger partial charge in [0.25, 0.3) is 0 Å². The van der Waals surface area contributed by atoms with Gasteiger partial charge in [0.15, 0.2) is 0 Å². The molecule has 2 aliphatic carbocycles. The highest BCUT2D eigenvalue weighted by atomic mass is 19.1. The van der Waals surface area contributed by atoms with Crippen LogP contribution in [0.4, 0.5) is 4.39 Å². The summed E-state index contributed by atoms with van der Waals surface area (Å²) in [6.07, 6.45) is 8.51. The van der Waals surface area contributed by atoms with Crippen LogP contribution in [0.1, 0.15) is 38.2 Å². The molecule has 0 radical (unpaired) electrons. The number of halogens is 1. The quantitative estimate of drug-likeness (QED) is 0.923. The van der Waals surface area contributed by atoms with Crippen molar-refractivity contribution in [3.8, 4) is 0 Å². The molecule has 3 fully saturated rings. The first-order valence-electron chi connectivity index (χ1n) is 8.23. The lowest BCUT2D eigenvalue weighted by Gasteiger charge is -2.49. The molecule has 0 bridgehead atoms. The number of nitrogens with one attached hydrogen (secondary N) is 1. The summed E-state index contributed by atoms with van der Waals surface area (Å²) in [7, 11) is 0. The number of pyridine rings is 1. The fourth-order valence-electron chi connectivity index (χ4n) is 3.89. The van der Waals surface area contributed by atoms with E-state index in [9.17, 15) is 4.39 Å². The molecule has 2 unspecified atom stereocenters. The Balaban J connectivity index is 1.54. The predicted octanol–water partition coefficient (Wildman–Crippen LogP) is 2.57. The first kappa shape index (κ1) is 13.6. The summed E-state index contributed by atoms with van der Waals surface area (Å²) < 4.78 is 13.4. The van der Waals surface area contributed by atoms with Crippen molar-refractivity contribution in [3.05, 3.63) is 29.8 Å². The second-order valence-corrected chi connectivity index (χ2v) is 7.35. The minimum atomic E-state index is -0.227. The predicted molar refractivity (Wildman–Crippen MR) is 80.2 cm³/mol. The summed E-state index contributed by atoms with van der Waals surface area (Å²) >= 11 is 0. The van der Waals surface area contributed by atoms with E-state index in [0.717, 1.165) is 37.0 Å². The van der Waals surface area contributed by atoms with Gasteiger partial charge in [0, 0.05) is 37.4 Å². The van der Waals surface area contributed by atoms with Crippen molar-refractivity contribution in [1.82, 2.24) is 15.2 Å². The Morgan fingerprint density at radius 3 is 2.81 bits per heavy atom. The summed E-state index contributed by atoms with van der Waals surface area (Å²) in [5, 5.41) is 3.79. The van der Waals surface area contributed by atoms with E-state index in [2.05, 4.69) is 22.1 Å². The number of piperazine rings is 1. The number of hydrogen-bond donors (Lipinski definition) is 1. The molecule has 1 saturated heterocycles. The molecule has 4 rings (SSSR count). The highest BCUT2D eigenvalue weighted by molar-refractivity contribution is 5.14. The van der Waals surface area contributed by atoms with E-state index >= 15 is 0 Å². The van der Waals surface area contributed by atoms with Gasteiger partial charge in [-0.2, -0.15) is 0 Å². The Kier molecular flexibility index (Phi) is 3.27. The highest BCUT2D eigenvalue weighted by Crippen LogP contribution is 2.46. The summed E-state index contributed by atoms with van der Waals surface area (Å²) in [4.78, 5) is 6.60. The van der Waals surface area contributed by atoms with Crippen LogP contribution in [0.3, 0.4) is 0 Å². The molecule has 21 heavy (non-hydrogen) atoms. The maximum absolute atomic E-state index is 13.4. The van der Waals surface area contributed by atoms with Crippen molar-refractivity contribution in [3.63, 3.8) is 0 Å². The minimum absolute atomic E-state index is 0.220. The van der Waals surface area contributed by atoms with Crippen molar-refractivity contribution in [2.45, 2.75) is 50.7 Å². The van der Waals surface area contributed by atoms with Gasteiger partial charge in [0.1, 0.15) is 5.82 Å². The van der Waals surface area contributed by atoms with E-state index in [-0.39, 0.29) is 11.4 Å². The van der Waals surface area contributed by atoms with Crippen LogP contribution in [0.15, 0.2) is 18.5 Å². The van der Waals surface area contributed by atoms with Crippen LogP contribution < -0.4 is 5.32 Å². The van der Waals surface area contributed by atoms with Gasteiger partial charge in [-0.1, -0.05) is 0 Å². The Morgan fingerprint density at radius 2 is 2.14 bits per heavy atom. The molecule has 2 atom stereocenters. The third-order valence-electron chi connectivity index (χ3n) is 5.64. The molecule has 1 aliphatic heterocycles. The summed E-state index contributed by atoms with van der Waals surface area (Å²) in [6.45, 7) is 5.37. The van der Waals surface area contributed by atoms with E-state index in [1.807, 2.05) is 6.20 Å². The number of aromatic nitrogens is 1. The molecule has 0 amide bonds. The lowest BCUT2D eigenvalue weighted by Crippen LogP contribution is -2.64. The summed E-state index contributed by atoms with van der Waals surface area (Å²) in [5.41, 5.74) is 1.22. The van der Waals surface area contributed by atoms with Gasteiger partial charge in [-0.3, -0.25) is 9.88 Å². The molecule has 0 spiro atoms.